The molecule has 2 aliphatic heterocycles. The van der Waals surface area contributed by atoms with Crippen molar-refractivity contribution in [2.45, 2.75) is 155 Å². The number of anilines is 1. The Kier molecular flexibility index (Phi) is 26.0. The van der Waals surface area contributed by atoms with Gasteiger partial charge in [-0.3, -0.25) is 43.3 Å². The first-order chi connectivity index (χ1) is 37.5. The molecular formula is C58H87N7O14. The van der Waals surface area contributed by atoms with E-state index < -0.39 is 71.5 Å². The van der Waals surface area contributed by atoms with Crippen molar-refractivity contribution in [2.75, 3.05) is 73.1 Å². The van der Waals surface area contributed by atoms with E-state index >= 15 is 0 Å². The summed E-state index contributed by atoms with van der Waals surface area (Å²) in [7, 11) is 6.11. The van der Waals surface area contributed by atoms with Gasteiger partial charge in [0.25, 0.3) is 0 Å². The van der Waals surface area contributed by atoms with E-state index in [0.717, 1.165) is 11.1 Å². The lowest BCUT2D eigenvalue weighted by molar-refractivity contribution is -0.152. The van der Waals surface area contributed by atoms with Crippen molar-refractivity contribution < 1.29 is 67.2 Å². The van der Waals surface area contributed by atoms with Crippen LogP contribution >= 0.6 is 0 Å². The molecule has 79 heavy (non-hydrogen) atoms. The normalized spacial score (nSPS) is 17.1. The zero-order valence-electron chi connectivity index (χ0n) is 48.2. The van der Waals surface area contributed by atoms with E-state index in [1.54, 1.807) is 74.0 Å². The number of benzene rings is 2. The predicted octanol–water partition coefficient (Wildman–Crippen LogP) is 4.24. The first kappa shape index (κ1) is 65.2. The van der Waals surface area contributed by atoms with E-state index in [2.05, 4.69) is 16.0 Å². The van der Waals surface area contributed by atoms with Gasteiger partial charge in [0.2, 0.25) is 47.3 Å². The Bertz CT molecular complexity index is 2370. The lowest BCUT2D eigenvalue weighted by Gasteiger charge is -2.41. The van der Waals surface area contributed by atoms with Gasteiger partial charge in [0, 0.05) is 66.4 Å². The molecule has 0 aliphatic carbocycles. The largest absolute Gasteiger partial charge is 0.480 e. The maximum Gasteiger partial charge on any atom is 0.326 e. The summed E-state index contributed by atoms with van der Waals surface area (Å²) in [6.07, 6.45) is 1.53. The predicted molar refractivity (Wildman–Crippen MR) is 295 cm³/mol. The standard InChI is InChI=1S/C58H87N7O14/c1-12-38(4)52(45(76-10)36-50(70)64-29-16-19-44(64)53(77-11)39(5)54(71)60-43(56(73)74)35-41-17-14-13-15-18-41)62(8)55(72)51(37(2)3)61-57(75)58(6,7)63(9)47(67)28-32-79-34-33-78-31-27-46(66)59-42-23-20-40(21-24-42)22-25-48(68)65-30-26-49(65)69/h13-15,17-18,20-21,23-24,37-39,43-45,51-53H,12,16,19,22,25-36H2,1-11H3,(H,59,66)(H,60,71)(H,61,75)(H,73,74). The van der Waals surface area contributed by atoms with Crippen molar-refractivity contribution in [3.63, 3.8) is 0 Å². The number of carbonyl (C=O) groups is 9. The minimum absolute atomic E-state index is 0.0348. The van der Waals surface area contributed by atoms with Crippen molar-refractivity contribution in [1.29, 1.82) is 0 Å². The molecule has 8 unspecified atom stereocenters. The van der Waals surface area contributed by atoms with Crippen molar-refractivity contribution in [3.8, 4) is 0 Å². The van der Waals surface area contributed by atoms with Gasteiger partial charge >= 0.3 is 5.97 Å². The highest BCUT2D eigenvalue weighted by atomic mass is 16.5. The average molecular weight is 1110 g/mol. The highest BCUT2D eigenvalue weighted by molar-refractivity contribution is 5.99. The quantitative estimate of drug-likeness (QED) is 0.0576. The Hall–Kier alpha value is -6.29. The number of aliphatic carboxylic acids is 1. The van der Waals surface area contributed by atoms with Crippen LogP contribution in [0.2, 0.25) is 0 Å². The number of carboxylic acids is 1. The molecule has 2 aliphatic rings. The van der Waals surface area contributed by atoms with E-state index in [9.17, 15) is 48.3 Å². The molecule has 438 valence electrons. The molecule has 2 fully saturated rings. The lowest BCUT2D eigenvalue weighted by atomic mass is 9.89. The second-order valence-corrected chi connectivity index (χ2v) is 21.5. The van der Waals surface area contributed by atoms with E-state index in [1.165, 1.54) is 31.1 Å². The molecule has 2 aromatic rings. The monoisotopic (exact) mass is 1110 g/mol. The number of carbonyl (C=O) groups excluding carboxylic acids is 8. The number of nitrogens with one attached hydrogen (secondary N) is 3. The van der Waals surface area contributed by atoms with Gasteiger partial charge in [-0.1, -0.05) is 83.5 Å². The van der Waals surface area contributed by atoms with Gasteiger partial charge in [-0.2, -0.15) is 0 Å². The van der Waals surface area contributed by atoms with Crippen LogP contribution in [0.5, 0.6) is 0 Å². The molecule has 0 bridgehead atoms. The molecule has 4 rings (SSSR count). The Morgan fingerprint density at radius 1 is 0.797 bits per heavy atom. The van der Waals surface area contributed by atoms with Gasteiger partial charge in [0.15, 0.2) is 0 Å². The molecule has 21 nitrogen and oxygen atoms in total. The molecule has 8 atom stereocenters. The minimum atomic E-state index is -1.38. The number of ether oxygens (including phenoxy) is 4. The summed E-state index contributed by atoms with van der Waals surface area (Å²) in [6, 6.07) is 12.9. The first-order valence-corrected chi connectivity index (χ1v) is 27.6. The number of β-lactam (4-membered cyclic amide) rings is 1. The maximum atomic E-state index is 14.6. The molecule has 0 radical (unpaired) electrons. The van der Waals surface area contributed by atoms with Crippen LogP contribution in [0, 0.1) is 17.8 Å². The Labute approximate surface area is 466 Å². The number of aryl methyl sites for hydroxylation is 1. The number of methoxy groups -OCH3 is 2. The molecule has 0 aromatic heterocycles. The third-order valence-corrected chi connectivity index (χ3v) is 15.5. The Balaban J connectivity index is 1.25. The summed E-state index contributed by atoms with van der Waals surface area (Å²) in [4.78, 5) is 124. The van der Waals surface area contributed by atoms with E-state index in [0.29, 0.717) is 50.9 Å². The van der Waals surface area contributed by atoms with Crippen LogP contribution in [0.3, 0.4) is 0 Å². The van der Waals surface area contributed by atoms with Crippen molar-refractivity contribution in [1.82, 2.24) is 30.2 Å². The fourth-order valence-corrected chi connectivity index (χ4v) is 9.93. The number of likely N-dealkylation sites (tertiary alicyclic amines) is 2. The van der Waals surface area contributed by atoms with E-state index in [4.69, 9.17) is 18.9 Å². The highest BCUT2D eigenvalue weighted by Gasteiger charge is 2.44. The molecule has 2 heterocycles. The van der Waals surface area contributed by atoms with Crippen LogP contribution in [0.1, 0.15) is 111 Å². The Morgan fingerprint density at radius 3 is 2.00 bits per heavy atom. The molecule has 21 heteroatoms. The summed E-state index contributed by atoms with van der Waals surface area (Å²) in [5.41, 5.74) is 0.890. The molecule has 2 saturated heterocycles. The van der Waals surface area contributed by atoms with Crippen LogP contribution in [-0.2, 0) is 74.9 Å². The summed E-state index contributed by atoms with van der Waals surface area (Å²) in [5.74, 6) is -5.15. The summed E-state index contributed by atoms with van der Waals surface area (Å²) < 4.78 is 23.1. The third kappa shape index (κ3) is 18.6. The molecule has 8 amide bonds. The number of nitrogens with zero attached hydrogens (tertiary/aromatic N) is 4. The molecular weight excluding hydrogens is 1020 g/mol. The Morgan fingerprint density at radius 2 is 1.44 bits per heavy atom. The van der Waals surface area contributed by atoms with E-state index in [-0.39, 0.29) is 99.9 Å². The second-order valence-electron chi connectivity index (χ2n) is 21.5. The van der Waals surface area contributed by atoms with Crippen LogP contribution in [0.15, 0.2) is 54.6 Å². The number of rotatable bonds is 33. The maximum absolute atomic E-state index is 14.6. The number of carboxylic acid groups (broad SMARTS) is 1. The van der Waals surface area contributed by atoms with Crippen molar-refractivity contribution >= 4 is 58.9 Å². The average Bonchev–Trinajstić information content (AvgIpc) is 3.92. The first-order valence-electron chi connectivity index (χ1n) is 27.6. The van der Waals surface area contributed by atoms with Crippen LogP contribution in [0.4, 0.5) is 5.69 Å². The van der Waals surface area contributed by atoms with Crippen molar-refractivity contribution in [2.24, 2.45) is 17.8 Å². The second kappa shape index (κ2) is 31.5. The fraction of sp³-hybridized carbons (Fsp3) is 0.638. The molecule has 2 aromatic carbocycles. The van der Waals surface area contributed by atoms with Gasteiger partial charge in [0.1, 0.15) is 17.6 Å². The minimum Gasteiger partial charge on any atom is -0.480 e. The summed E-state index contributed by atoms with van der Waals surface area (Å²) >= 11 is 0. The summed E-state index contributed by atoms with van der Waals surface area (Å²) in [6.45, 7) is 13.8. The van der Waals surface area contributed by atoms with E-state index in [1.807, 2.05) is 45.9 Å². The highest BCUT2D eigenvalue weighted by Crippen LogP contribution is 2.30. The lowest BCUT2D eigenvalue weighted by Crippen LogP contribution is -2.62. The number of hydrogen-bond acceptors (Lipinski definition) is 13. The summed E-state index contributed by atoms with van der Waals surface area (Å²) in [5, 5.41) is 18.4. The number of amides is 8. The number of hydrogen-bond donors (Lipinski definition) is 4. The fourth-order valence-electron chi connectivity index (χ4n) is 9.93. The van der Waals surface area contributed by atoms with Crippen LogP contribution in [-0.4, -0.2) is 188 Å². The van der Waals surface area contributed by atoms with Crippen molar-refractivity contribution in [3.05, 3.63) is 65.7 Å². The smallest absolute Gasteiger partial charge is 0.326 e. The van der Waals surface area contributed by atoms with Gasteiger partial charge < -0.3 is 54.7 Å². The van der Waals surface area contributed by atoms with Gasteiger partial charge in [-0.15, -0.1) is 0 Å². The molecule has 0 saturated carbocycles. The van der Waals surface area contributed by atoms with Gasteiger partial charge in [-0.05, 0) is 68.2 Å². The number of likely N-dealkylation sites (N-methyl/N-ethyl adjacent to an activating group) is 2. The molecule has 4 N–H and O–H groups in total. The number of imide groups is 1. The van der Waals surface area contributed by atoms with Gasteiger partial charge in [-0.25, -0.2) is 4.79 Å². The molecule has 0 spiro atoms. The third-order valence-electron chi connectivity index (χ3n) is 15.5. The zero-order chi connectivity index (χ0) is 58.6. The zero-order valence-corrected chi connectivity index (χ0v) is 48.2. The van der Waals surface area contributed by atoms with Crippen LogP contribution < -0.4 is 16.0 Å². The van der Waals surface area contributed by atoms with Crippen LogP contribution in [0.25, 0.3) is 0 Å². The SMILES string of the molecule is CCC(C)C(C(CC(=O)N1CCCC1C(OC)C(C)C(=O)NC(Cc1ccccc1)C(=O)O)OC)N(C)C(=O)C(NC(=O)C(C)(C)N(C)C(=O)CCOCCOCCC(=O)Nc1ccc(CCC(=O)N2CCC2=O)cc1)C(C)C. The topological polar surface area (TPSA) is 260 Å². The van der Waals surface area contributed by atoms with Gasteiger partial charge in [0.05, 0.1) is 75.9 Å².